The highest BCUT2D eigenvalue weighted by Crippen LogP contribution is 2.21. The van der Waals surface area contributed by atoms with Gasteiger partial charge >= 0.3 is 0 Å². The minimum atomic E-state index is -0.104. The van der Waals surface area contributed by atoms with Gasteiger partial charge in [-0.15, -0.1) is 10.2 Å². The Morgan fingerprint density at radius 3 is 2.96 bits per heavy atom. The highest BCUT2D eigenvalue weighted by atomic mass is 16.4. The van der Waals surface area contributed by atoms with Crippen LogP contribution in [0.15, 0.2) is 27.2 Å². The van der Waals surface area contributed by atoms with Crippen LogP contribution in [0.1, 0.15) is 32.1 Å². The van der Waals surface area contributed by atoms with Crippen LogP contribution in [0.3, 0.4) is 0 Å². The van der Waals surface area contributed by atoms with Gasteiger partial charge in [-0.3, -0.25) is 9.69 Å². The number of unbranched alkanes of at least 4 members (excludes halogenated alkanes) is 1. The van der Waals surface area contributed by atoms with Crippen LogP contribution >= 0.6 is 0 Å². The van der Waals surface area contributed by atoms with Crippen LogP contribution < -0.4 is 0 Å². The summed E-state index contributed by atoms with van der Waals surface area (Å²) in [5.74, 6) is 1.61. The second-order valence-electron chi connectivity index (χ2n) is 5.87. The first-order chi connectivity index (χ1) is 11.2. The van der Waals surface area contributed by atoms with Gasteiger partial charge in [-0.25, -0.2) is 0 Å². The molecule has 0 aliphatic carbocycles. The highest BCUT2D eigenvalue weighted by Gasteiger charge is 2.33. The Balaban J connectivity index is 1.71. The van der Waals surface area contributed by atoms with Gasteiger partial charge in [0.2, 0.25) is 11.8 Å². The summed E-state index contributed by atoms with van der Waals surface area (Å²) in [5.41, 5.74) is 0. The number of carbonyl (C=O) groups excluding carboxylic acids is 1. The molecular weight excluding hydrogens is 296 g/mol. The average Bonchev–Trinajstić information content (AvgIpc) is 3.21. The standard InChI is InChI=1S/C16H22N4O3/c1-3-4-6-12-16(21)19(2)8-9-20(12)11-14-17-18-15(23-14)13-7-5-10-22-13/h5,7,10,12H,3-4,6,8-9,11H2,1-2H3. The van der Waals surface area contributed by atoms with E-state index in [1.54, 1.807) is 23.3 Å². The molecule has 124 valence electrons. The average molecular weight is 318 g/mol. The molecule has 7 heteroatoms. The van der Waals surface area contributed by atoms with Gasteiger partial charge in [-0.05, 0) is 18.6 Å². The molecule has 0 saturated carbocycles. The zero-order chi connectivity index (χ0) is 16.2. The number of nitrogens with zero attached hydrogens (tertiary/aromatic N) is 4. The van der Waals surface area contributed by atoms with Gasteiger partial charge in [-0.2, -0.15) is 0 Å². The first kappa shape index (κ1) is 15.7. The fraction of sp³-hybridized carbons (Fsp3) is 0.562. The largest absolute Gasteiger partial charge is 0.459 e. The van der Waals surface area contributed by atoms with Crippen molar-refractivity contribution in [1.82, 2.24) is 20.0 Å². The molecule has 7 nitrogen and oxygen atoms in total. The van der Waals surface area contributed by atoms with E-state index in [1.807, 2.05) is 7.05 Å². The number of hydrogen-bond acceptors (Lipinski definition) is 6. The molecule has 0 bridgehead atoms. The van der Waals surface area contributed by atoms with Crippen LogP contribution in [0.5, 0.6) is 0 Å². The molecule has 1 aliphatic heterocycles. The fourth-order valence-electron chi connectivity index (χ4n) is 2.84. The van der Waals surface area contributed by atoms with Crippen molar-refractivity contribution in [3.8, 4) is 11.7 Å². The number of carbonyl (C=O) groups is 1. The third kappa shape index (κ3) is 3.44. The molecule has 2 aromatic heterocycles. The summed E-state index contributed by atoms with van der Waals surface area (Å²) in [6, 6.07) is 3.45. The van der Waals surface area contributed by atoms with E-state index in [0.717, 1.165) is 32.4 Å². The lowest BCUT2D eigenvalue weighted by Crippen LogP contribution is -2.55. The molecule has 3 rings (SSSR count). The zero-order valence-electron chi connectivity index (χ0n) is 13.6. The monoisotopic (exact) mass is 318 g/mol. The third-order valence-electron chi connectivity index (χ3n) is 4.19. The van der Waals surface area contributed by atoms with E-state index in [1.165, 1.54) is 0 Å². The summed E-state index contributed by atoms with van der Waals surface area (Å²) in [7, 11) is 1.86. The Bertz CT molecular complexity index is 638. The maximum atomic E-state index is 12.4. The molecule has 0 radical (unpaired) electrons. The molecule has 1 saturated heterocycles. The first-order valence-corrected chi connectivity index (χ1v) is 8.04. The summed E-state index contributed by atoms with van der Waals surface area (Å²) < 4.78 is 10.9. The van der Waals surface area contributed by atoms with E-state index >= 15 is 0 Å². The van der Waals surface area contributed by atoms with E-state index in [4.69, 9.17) is 8.83 Å². The smallest absolute Gasteiger partial charge is 0.283 e. The number of furan rings is 1. The van der Waals surface area contributed by atoms with E-state index in [0.29, 0.717) is 24.1 Å². The normalized spacial score (nSPS) is 19.5. The van der Waals surface area contributed by atoms with Crippen molar-refractivity contribution in [2.24, 2.45) is 0 Å². The maximum absolute atomic E-state index is 12.4. The minimum absolute atomic E-state index is 0.104. The van der Waals surface area contributed by atoms with E-state index in [-0.39, 0.29) is 11.9 Å². The Kier molecular flexibility index (Phi) is 4.76. The van der Waals surface area contributed by atoms with Gasteiger partial charge in [0.25, 0.3) is 5.89 Å². The predicted octanol–water partition coefficient (Wildman–Crippen LogP) is 2.16. The highest BCUT2D eigenvalue weighted by molar-refractivity contribution is 5.82. The molecule has 0 aromatic carbocycles. The first-order valence-electron chi connectivity index (χ1n) is 8.04. The molecule has 1 amide bonds. The Labute approximate surface area is 135 Å². The van der Waals surface area contributed by atoms with Gasteiger partial charge in [0.1, 0.15) is 0 Å². The quantitative estimate of drug-likeness (QED) is 0.812. The minimum Gasteiger partial charge on any atom is -0.459 e. The number of rotatable bonds is 6. The van der Waals surface area contributed by atoms with Gasteiger partial charge in [0.05, 0.1) is 18.8 Å². The summed E-state index contributed by atoms with van der Waals surface area (Å²) in [4.78, 5) is 16.4. The van der Waals surface area contributed by atoms with Crippen molar-refractivity contribution >= 4 is 5.91 Å². The molecular formula is C16H22N4O3. The number of amides is 1. The van der Waals surface area contributed by atoms with Crippen LogP contribution in [-0.2, 0) is 11.3 Å². The molecule has 23 heavy (non-hydrogen) atoms. The molecule has 1 atom stereocenters. The summed E-state index contributed by atoms with van der Waals surface area (Å²) in [5, 5.41) is 8.09. The second-order valence-corrected chi connectivity index (χ2v) is 5.87. The molecule has 1 fully saturated rings. The van der Waals surface area contributed by atoms with E-state index in [9.17, 15) is 4.79 Å². The van der Waals surface area contributed by atoms with Crippen LogP contribution in [-0.4, -0.2) is 52.1 Å². The topological polar surface area (TPSA) is 75.6 Å². The summed E-state index contributed by atoms with van der Waals surface area (Å²) >= 11 is 0. The number of likely N-dealkylation sites (N-methyl/N-ethyl adjacent to an activating group) is 1. The summed E-state index contributed by atoms with van der Waals surface area (Å²) in [6.45, 7) is 4.16. The van der Waals surface area contributed by atoms with Crippen LogP contribution in [0.25, 0.3) is 11.7 Å². The second kappa shape index (κ2) is 6.95. The van der Waals surface area contributed by atoms with E-state index in [2.05, 4.69) is 22.0 Å². The molecule has 0 spiro atoms. The van der Waals surface area contributed by atoms with Crippen LogP contribution in [0.4, 0.5) is 0 Å². The molecule has 3 heterocycles. The third-order valence-corrected chi connectivity index (χ3v) is 4.19. The SMILES string of the molecule is CCCCC1C(=O)N(C)CCN1Cc1nnc(-c2ccco2)o1. The Morgan fingerprint density at radius 2 is 2.22 bits per heavy atom. The molecule has 0 N–H and O–H groups in total. The number of hydrogen-bond donors (Lipinski definition) is 0. The molecule has 1 aliphatic rings. The molecule has 1 unspecified atom stereocenters. The van der Waals surface area contributed by atoms with Crippen LogP contribution in [0, 0.1) is 0 Å². The van der Waals surface area contributed by atoms with Gasteiger partial charge in [-0.1, -0.05) is 19.8 Å². The number of piperazine rings is 1. The van der Waals surface area contributed by atoms with Gasteiger partial charge < -0.3 is 13.7 Å². The Hall–Kier alpha value is -2.15. The van der Waals surface area contributed by atoms with Crippen molar-refractivity contribution in [3.05, 3.63) is 24.3 Å². The lowest BCUT2D eigenvalue weighted by Gasteiger charge is -2.38. The van der Waals surface area contributed by atoms with Crippen molar-refractivity contribution in [3.63, 3.8) is 0 Å². The van der Waals surface area contributed by atoms with Crippen molar-refractivity contribution in [2.75, 3.05) is 20.1 Å². The maximum Gasteiger partial charge on any atom is 0.283 e. The molecule has 2 aromatic rings. The van der Waals surface area contributed by atoms with Gasteiger partial charge in [0, 0.05) is 20.1 Å². The lowest BCUT2D eigenvalue weighted by atomic mass is 10.0. The number of aromatic nitrogens is 2. The van der Waals surface area contributed by atoms with Crippen LogP contribution in [0.2, 0.25) is 0 Å². The predicted molar refractivity (Wildman–Crippen MR) is 83.4 cm³/mol. The van der Waals surface area contributed by atoms with Crippen molar-refractivity contribution in [2.45, 2.75) is 38.8 Å². The van der Waals surface area contributed by atoms with Gasteiger partial charge in [0.15, 0.2) is 5.76 Å². The Morgan fingerprint density at radius 1 is 1.35 bits per heavy atom. The van der Waals surface area contributed by atoms with E-state index < -0.39 is 0 Å². The van der Waals surface area contributed by atoms with Crippen molar-refractivity contribution < 1.29 is 13.6 Å². The van der Waals surface area contributed by atoms with Crippen molar-refractivity contribution in [1.29, 1.82) is 0 Å². The zero-order valence-corrected chi connectivity index (χ0v) is 13.6. The lowest BCUT2D eigenvalue weighted by molar-refractivity contribution is -0.141. The summed E-state index contributed by atoms with van der Waals surface area (Å²) in [6.07, 6.45) is 4.53. The fourth-order valence-corrected chi connectivity index (χ4v) is 2.84.